The van der Waals surface area contributed by atoms with E-state index >= 15 is 0 Å². The molecule has 2 heterocycles. The molecule has 0 spiro atoms. The summed E-state index contributed by atoms with van der Waals surface area (Å²) < 4.78 is 38.5. The summed E-state index contributed by atoms with van der Waals surface area (Å²) in [5.41, 5.74) is 2.89. The minimum Gasteiger partial charge on any atom is -0.487 e. The van der Waals surface area contributed by atoms with E-state index in [0.717, 1.165) is 21.0 Å². The first-order valence-electron chi connectivity index (χ1n) is 8.19. The smallest absolute Gasteiger partial charge is 0.326 e. The Bertz CT molecular complexity index is 1060. The van der Waals surface area contributed by atoms with Crippen LogP contribution in [0.5, 0.6) is 5.75 Å². The zero-order chi connectivity index (χ0) is 18.9. The minimum atomic E-state index is -3.93. The maximum absolute atomic E-state index is 12.2. The maximum Gasteiger partial charge on any atom is 0.326 e. The third-order valence-electron chi connectivity index (χ3n) is 4.14. The summed E-state index contributed by atoms with van der Waals surface area (Å²) >= 11 is 0. The van der Waals surface area contributed by atoms with Gasteiger partial charge < -0.3 is 9.15 Å². The van der Waals surface area contributed by atoms with Crippen LogP contribution in [0.15, 0.2) is 71.5 Å². The van der Waals surface area contributed by atoms with Crippen molar-refractivity contribution in [3.8, 4) is 16.9 Å². The molecule has 8 heteroatoms. The van der Waals surface area contributed by atoms with Crippen LogP contribution in [0.25, 0.3) is 11.1 Å². The van der Waals surface area contributed by atoms with Gasteiger partial charge in [0.25, 0.3) is 5.91 Å². The quantitative estimate of drug-likeness (QED) is 0.731. The van der Waals surface area contributed by atoms with Crippen molar-refractivity contribution in [2.24, 2.45) is 0 Å². The molecule has 1 N–H and O–H groups in total. The molecular formula is C19H16N2O5S. The number of furan rings is 1. The van der Waals surface area contributed by atoms with E-state index in [0.29, 0.717) is 11.4 Å². The van der Waals surface area contributed by atoms with Crippen molar-refractivity contribution in [2.75, 3.05) is 10.8 Å². The van der Waals surface area contributed by atoms with Crippen LogP contribution in [0.1, 0.15) is 5.56 Å². The van der Waals surface area contributed by atoms with Gasteiger partial charge in [0.15, 0.2) is 0 Å². The Morgan fingerprint density at radius 2 is 1.89 bits per heavy atom. The van der Waals surface area contributed by atoms with E-state index < -0.39 is 16.1 Å². The standard InChI is InChI=1S/C19H16N2O5S/c22-19-11-21(27(23,24)20-19)17-7-6-15(16-8-9-25-13-16)10-18(17)26-12-14-4-2-1-3-5-14/h1-10,13H,11-12H2,(H,20,22). The molecule has 1 aliphatic heterocycles. The molecule has 1 saturated heterocycles. The fourth-order valence-electron chi connectivity index (χ4n) is 2.84. The molecule has 1 aliphatic rings. The number of benzene rings is 2. The van der Waals surface area contributed by atoms with E-state index in [4.69, 9.17) is 9.15 Å². The lowest BCUT2D eigenvalue weighted by Crippen LogP contribution is -2.29. The molecule has 1 amide bonds. The van der Waals surface area contributed by atoms with Crippen LogP contribution in [0.4, 0.5) is 5.69 Å². The van der Waals surface area contributed by atoms with Crippen LogP contribution in [0, 0.1) is 0 Å². The van der Waals surface area contributed by atoms with Crippen molar-refractivity contribution in [1.29, 1.82) is 0 Å². The fourth-order valence-corrected chi connectivity index (χ4v) is 4.00. The van der Waals surface area contributed by atoms with Gasteiger partial charge in [-0.25, -0.2) is 9.03 Å². The molecule has 0 bridgehead atoms. The maximum atomic E-state index is 12.2. The van der Waals surface area contributed by atoms with Gasteiger partial charge in [-0.3, -0.25) is 4.79 Å². The second-order valence-electron chi connectivity index (χ2n) is 6.01. The number of carbonyl (C=O) groups is 1. The predicted molar refractivity (Wildman–Crippen MR) is 99.3 cm³/mol. The van der Waals surface area contributed by atoms with E-state index in [1.807, 2.05) is 35.1 Å². The van der Waals surface area contributed by atoms with Crippen LogP contribution in [-0.2, 0) is 21.6 Å². The number of ether oxygens (including phenoxy) is 1. The first-order valence-corrected chi connectivity index (χ1v) is 9.63. The Labute approximate surface area is 156 Å². The SMILES string of the molecule is O=C1CN(c2ccc(-c3ccoc3)cc2OCc2ccccc2)S(=O)(=O)N1. The molecular weight excluding hydrogens is 368 g/mol. The lowest BCUT2D eigenvalue weighted by atomic mass is 10.1. The number of hydrogen-bond acceptors (Lipinski definition) is 5. The fraction of sp³-hybridized carbons (Fsp3) is 0.105. The first-order chi connectivity index (χ1) is 13.0. The van der Waals surface area contributed by atoms with E-state index in [2.05, 4.69) is 0 Å². The molecule has 7 nitrogen and oxygen atoms in total. The molecule has 4 rings (SSSR count). The second kappa shape index (κ2) is 6.81. The summed E-state index contributed by atoms with van der Waals surface area (Å²) in [4.78, 5) is 11.6. The van der Waals surface area contributed by atoms with E-state index in [9.17, 15) is 13.2 Å². The van der Waals surface area contributed by atoms with Gasteiger partial charge in [-0.1, -0.05) is 36.4 Å². The molecule has 3 aromatic rings. The molecule has 0 radical (unpaired) electrons. The van der Waals surface area contributed by atoms with Crippen molar-refractivity contribution < 1.29 is 22.4 Å². The van der Waals surface area contributed by atoms with Gasteiger partial charge in [0.1, 0.15) is 18.9 Å². The Hall–Kier alpha value is -3.26. The lowest BCUT2D eigenvalue weighted by Gasteiger charge is -2.20. The van der Waals surface area contributed by atoms with E-state index in [1.54, 1.807) is 36.8 Å². The largest absolute Gasteiger partial charge is 0.487 e. The van der Waals surface area contributed by atoms with E-state index in [-0.39, 0.29) is 13.2 Å². The summed E-state index contributed by atoms with van der Waals surface area (Å²) in [6.07, 6.45) is 3.15. The molecule has 0 aliphatic carbocycles. The van der Waals surface area contributed by atoms with Crippen molar-refractivity contribution in [2.45, 2.75) is 6.61 Å². The average Bonchev–Trinajstić information content (AvgIpc) is 3.28. The van der Waals surface area contributed by atoms with Gasteiger partial charge in [-0.2, -0.15) is 8.42 Å². The van der Waals surface area contributed by atoms with Crippen molar-refractivity contribution in [1.82, 2.24) is 4.72 Å². The number of hydrogen-bond donors (Lipinski definition) is 1. The molecule has 0 saturated carbocycles. The number of rotatable bonds is 5. The predicted octanol–water partition coefficient (Wildman–Crippen LogP) is 2.71. The number of nitrogens with zero attached hydrogens (tertiary/aromatic N) is 1. The van der Waals surface area contributed by atoms with Crippen molar-refractivity contribution >= 4 is 21.8 Å². The topological polar surface area (TPSA) is 88.9 Å². The third kappa shape index (κ3) is 3.52. The van der Waals surface area contributed by atoms with Gasteiger partial charge in [0.05, 0.1) is 18.2 Å². The lowest BCUT2D eigenvalue weighted by molar-refractivity contribution is -0.117. The van der Waals surface area contributed by atoms with Gasteiger partial charge >= 0.3 is 10.2 Å². The summed E-state index contributed by atoms with van der Waals surface area (Å²) in [7, 11) is -3.93. The highest BCUT2D eigenvalue weighted by molar-refractivity contribution is 7.92. The second-order valence-corrected chi connectivity index (χ2v) is 7.60. The highest BCUT2D eigenvalue weighted by Gasteiger charge is 2.35. The number of carbonyl (C=O) groups excluding carboxylic acids is 1. The van der Waals surface area contributed by atoms with Crippen molar-refractivity contribution in [3.05, 3.63) is 72.7 Å². The van der Waals surface area contributed by atoms with Gasteiger partial charge in [0, 0.05) is 5.56 Å². The molecule has 27 heavy (non-hydrogen) atoms. The van der Waals surface area contributed by atoms with E-state index in [1.165, 1.54) is 0 Å². The van der Waals surface area contributed by atoms with Crippen LogP contribution >= 0.6 is 0 Å². The Morgan fingerprint density at radius 1 is 1.07 bits per heavy atom. The zero-order valence-electron chi connectivity index (χ0n) is 14.2. The minimum absolute atomic E-state index is 0.262. The summed E-state index contributed by atoms with van der Waals surface area (Å²) in [6, 6.07) is 16.4. The van der Waals surface area contributed by atoms with Crippen molar-refractivity contribution in [3.63, 3.8) is 0 Å². The highest BCUT2D eigenvalue weighted by atomic mass is 32.2. The molecule has 2 aromatic carbocycles. The first kappa shape index (κ1) is 17.2. The van der Waals surface area contributed by atoms with Crippen LogP contribution in [0.3, 0.4) is 0 Å². The summed E-state index contributed by atoms with van der Waals surface area (Å²) in [5, 5.41) is 0. The normalized spacial score (nSPS) is 15.6. The Morgan fingerprint density at radius 3 is 2.56 bits per heavy atom. The Kier molecular flexibility index (Phi) is 4.33. The molecule has 0 atom stereocenters. The van der Waals surface area contributed by atoms with Crippen LogP contribution in [0.2, 0.25) is 0 Å². The number of amides is 1. The number of nitrogens with one attached hydrogen (secondary N) is 1. The van der Waals surface area contributed by atoms with Crippen LogP contribution < -0.4 is 13.8 Å². The monoisotopic (exact) mass is 384 g/mol. The molecule has 0 unspecified atom stereocenters. The van der Waals surface area contributed by atoms with Crippen LogP contribution in [-0.4, -0.2) is 20.9 Å². The summed E-state index contributed by atoms with van der Waals surface area (Å²) in [6.45, 7) is -0.0208. The average molecular weight is 384 g/mol. The number of anilines is 1. The Balaban J connectivity index is 1.72. The van der Waals surface area contributed by atoms with Gasteiger partial charge in [-0.05, 0) is 29.3 Å². The third-order valence-corrected chi connectivity index (χ3v) is 5.53. The highest BCUT2D eigenvalue weighted by Crippen LogP contribution is 2.36. The summed E-state index contributed by atoms with van der Waals surface area (Å²) in [5.74, 6) is -0.222. The zero-order valence-corrected chi connectivity index (χ0v) is 15.0. The molecule has 138 valence electrons. The molecule has 1 fully saturated rings. The van der Waals surface area contributed by atoms with Gasteiger partial charge in [0.2, 0.25) is 0 Å². The molecule has 1 aromatic heterocycles. The van der Waals surface area contributed by atoms with Gasteiger partial charge in [-0.15, -0.1) is 0 Å².